The lowest BCUT2D eigenvalue weighted by Gasteiger charge is -2.10. The predicted molar refractivity (Wildman–Crippen MR) is 67.0 cm³/mol. The summed E-state index contributed by atoms with van der Waals surface area (Å²) in [4.78, 5) is 0. The van der Waals surface area contributed by atoms with Crippen LogP contribution in [0.5, 0.6) is 0 Å². The molecular weight excluding hydrogens is 244 g/mol. The van der Waals surface area contributed by atoms with Crippen LogP contribution in [0.15, 0.2) is 0 Å². The minimum absolute atomic E-state index is 0.342. The zero-order chi connectivity index (χ0) is 13.7. The van der Waals surface area contributed by atoms with Crippen LogP contribution < -0.4 is 5.32 Å². The SMILES string of the molecule is CCc1nnc(NCc2nn[nH]n2)c(C#N)c1CC. The van der Waals surface area contributed by atoms with Crippen molar-refractivity contribution < 1.29 is 0 Å². The summed E-state index contributed by atoms with van der Waals surface area (Å²) in [5.41, 5.74) is 2.35. The van der Waals surface area contributed by atoms with Crippen LogP contribution in [0.3, 0.4) is 0 Å². The second-order valence-corrected chi connectivity index (χ2v) is 3.85. The maximum absolute atomic E-state index is 9.30. The number of hydrogen-bond acceptors (Lipinski definition) is 7. The van der Waals surface area contributed by atoms with Gasteiger partial charge in [-0.3, -0.25) is 0 Å². The van der Waals surface area contributed by atoms with Crippen LogP contribution >= 0.6 is 0 Å². The molecule has 19 heavy (non-hydrogen) atoms. The van der Waals surface area contributed by atoms with Crippen molar-refractivity contribution in [3.8, 4) is 6.07 Å². The van der Waals surface area contributed by atoms with Crippen LogP contribution in [-0.4, -0.2) is 30.8 Å². The van der Waals surface area contributed by atoms with E-state index in [-0.39, 0.29) is 0 Å². The Balaban J connectivity index is 2.28. The second kappa shape index (κ2) is 5.86. The maximum Gasteiger partial charge on any atom is 0.193 e. The lowest BCUT2D eigenvalue weighted by molar-refractivity contribution is 0.861. The molecule has 0 atom stereocenters. The number of nitrogens with one attached hydrogen (secondary N) is 2. The van der Waals surface area contributed by atoms with Crippen LogP contribution in [0.4, 0.5) is 5.82 Å². The average Bonchev–Trinajstić information content (AvgIpc) is 2.96. The molecule has 98 valence electrons. The Bertz CT molecular complexity index is 583. The van der Waals surface area contributed by atoms with Gasteiger partial charge < -0.3 is 5.32 Å². The van der Waals surface area contributed by atoms with E-state index in [1.165, 1.54) is 0 Å². The Kier molecular flexibility index (Phi) is 3.97. The minimum Gasteiger partial charge on any atom is -0.360 e. The van der Waals surface area contributed by atoms with Gasteiger partial charge >= 0.3 is 0 Å². The highest BCUT2D eigenvalue weighted by atomic mass is 15.5. The molecule has 2 N–H and O–H groups in total. The summed E-state index contributed by atoms with van der Waals surface area (Å²) in [5.74, 6) is 0.963. The molecule has 0 bridgehead atoms. The largest absolute Gasteiger partial charge is 0.360 e. The van der Waals surface area contributed by atoms with E-state index in [1.807, 2.05) is 13.8 Å². The summed E-state index contributed by atoms with van der Waals surface area (Å²) >= 11 is 0. The topological polar surface area (TPSA) is 116 Å². The molecule has 0 radical (unpaired) electrons. The molecule has 0 amide bonds. The summed E-state index contributed by atoms with van der Waals surface area (Å²) in [7, 11) is 0. The molecule has 0 aliphatic carbocycles. The quantitative estimate of drug-likeness (QED) is 0.806. The van der Waals surface area contributed by atoms with Crippen molar-refractivity contribution in [2.75, 3.05) is 5.32 Å². The number of aromatic nitrogens is 6. The van der Waals surface area contributed by atoms with Crippen LogP contribution in [0.25, 0.3) is 0 Å². The summed E-state index contributed by atoms with van der Waals surface area (Å²) in [6.45, 7) is 4.34. The molecule has 0 unspecified atom stereocenters. The van der Waals surface area contributed by atoms with Gasteiger partial charge in [-0.05, 0) is 18.4 Å². The molecule has 2 aromatic rings. The van der Waals surface area contributed by atoms with Gasteiger partial charge in [0.2, 0.25) is 0 Å². The van der Waals surface area contributed by atoms with Crippen LogP contribution in [0.2, 0.25) is 0 Å². The summed E-state index contributed by atoms with van der Waals surface area (Å²) in [6.07, 6.45) is 1.51. The van der Waals surface area contributed by atoms with Crippen LogP contribution in [0, 0.1) is 11.3 Å². The Morgan fingerprint density at radius 3 is 2.63 bits per heavy atom. The summed E-state index contributed by atoms with van der Waals surface area (Å²) in [6, 6.07) is 2.19. The highest BCUT2D eigenvalue weighted by Crippen LogP contribution is 2.20. The van der Waals surface area contributed by atoms with Gasteiger partial charge in [0.05, 0.1) is 12.2 Å². The van der Waals surface area contributed by atoms with E-state index in [0.29, 0.717) is 23.8 Å². The van der Waals surface area contributed by atoms with Gasteiger partial charge in [0.25, 0.3) is 0 Å². The molecule has 0 aliphatic heterocycles. The van der Waals surface area contributed by atoms with E-state index < -0.39 is 0 Å². The smallest absolute Gasteiger partial charge is 0.193 e. The third-order valence-electron chi connectivity index (χ3n) is 2.76. The van der Waals surface area contributed by atoms with Crippen LogP contribution in [0.1, 0.15) is 36.5 Å². The lowest BCUT2D eigenvalue weighted by Crippen LogP contribution is -2.10. The van der Waals surface area contributed by atoms with Gasteiger partial charge in [-0.15, -0.1) is 15.3 Å². The Hall–Kier alpha value is -2.56. The number of hydrogen-bond donors (Lipinski definition) is 2. The van der Waals surface area contributed by atoms with Gasteiger partial charge in [-0.2, -0.15) is 15.6 Å². The number of aromatic amines is 1. The zero-order valence-corrected chi connectivity index (χ0v) is 10.8. The van der Waals surface area contributed by atoms with Gasteiger partial charge in [-0.1, -0.05) is 19.1 Å². The Morgan fingerprint density at radius 2 is 2.05 bits per heavy atom. The minimum atomic E-state index is 0.342. The van der Waals surface area contributed by atoms with Crippen molar-refractivity contribution in [2.24, 2.45) is 0 Å². The fourth-order valence-corrected chi connectivity index (χ4v) is 1.84. The third kappa shape index (κ3) is 2.65. The number of aryl methyl sites for hydroxylation is 1. The van der Waals surface area contributed by atoms with Gasteiger partial charge in [0.15, 0.2) is 11.6 Å². The lowest BCUT2D eigenvalue weighted by atomic mass is 10.0. The fourth-order valence-electron chi connectivity index (χ4n) is 1.84. The molecule has 8 nitrogen and oxygen atoms in total. The van der Waals surface area contributed by atoms with Crippen molar-refractivity contribution in [1.29, 1.82) is 5.26 Å². The third-order valence-corrected chi connectivity index (χ3v) is 2.76. The predicted octanol–water partition coefficient (Wildman–Crippen LogP) is 0.598. The highest BCUT2D eigenvalue weighted by Gasteiger charge is 2.14. The summed E-state index contributed by atoms with van der Waals surface area (Å²) < 4.78 is 0. The molecule has 0 spiro atoms. The normalized spacial score (nSPS) is 10.2. The first kappa shape index (κ1) is 12.9. The number of nitriles is 1. The molecular formula is C11H14N8. The maximum atomic E-state index is 9.30. The van der Waals surface area contributed by atoms with Crippen molar-refractivity contribution in [3.05, 3.63) is 22.6 Å². The Labute approximate surface area is 110 Å². The van der Waals surface area contributed by atoms with Gasteiger partial charge in [0.1, 0.15) is 11.6 Å². The molecule has 0 saturated carbocycles. The zero-order valence-electron chi connectivity index (χ0n) is 10.8. The number of tetrazole rings is 1. The first-order valence-electron chi connectivity index (χ1n) is 6.04. The Morgan fingerprint density at radius 1 is 1.21 bits per heavy atom. The van der Waals surface area contributed by atoms with E-state index in [4.69, 9.17) is 0 Å². The summed E-state index contributed by atoms with van der Waals surface area (Å²) in [5, 5.41) is 34.0. The monoisotopic (exact) mass is 258 g/mol. The van der Waals surface area contributed by atoms with E-state index in [1.54, 1.807) is 0 Å². The number of anilines is 1. The molecule has 2 heterocycles. The average molecular weight is 258 g/mol. The second-order valence-electron chi connectivity index (χ2n) is 3.85. The van der Waals surface area contributed by atoms with Crippen LogP contribution in [-0.2, 0) is 19.4 Å². The number of nitrogens with zero attached hydrogens (tertiary/aromatic N) is 6. The standard InChI is InChI=1S/C11H14N8/c1-3-7-8(5-12)11(17-14-9(7)4-2)13-6-10-15-18-19-16-10/h3-4,6H2,1-2H3,(H,13,17)(H,15,16,18,19). The van der Waals surface area contributed by atoms with E-state index >= 15 is 0 Å². The van der Waals surface area contributed by atoms with Gasteiger partial charge in [0, 0.05) is 0 Å². The molecule has 8 heteroatoms. The van der Waals surface area contributed by atoms with Crippen molar-refractivity contribution in [3.63, 3.8) is 0 Å². The molecule has 0 aromatic carbocycles. The number of H-pyrrole nitrogens is 1. The first-order valence-corrected chi connectivity index (χ1v) is 6.04. The molecule has 0 fully saturated rings. The van der Waals surface area contributed by atoms with Gasteiger partial charge in [-0.25, -0.2) is 0 Å². The molecule has 0 saturated heterocycles. The van der Waals surface area contributed by atoms with E-state index in [2.05, 4.69) is 42.2 Å². The molecule has 2 aromatic heterocycles. The number of rotatable bonds is 5. The van der Waals surface area contributed by atoms with Crippen molar-refractivity contribution in [1.82, 2.24) is 30.8 Å². The first-order chi connectivity index (χ1) is 9.30. The van der Waals surface area contributed by atoms with Crippen molar-refractivity contribution >= 4 is 5.82 Å². The van der Waals surface area contributed by atoms with E-state index in [9.17, 15) is 5.26 Å². The van der Waals surface area contributed by atoms with Crippen molar-refractivity contribution in [2.45, 2.75) is 33.2 Å². The molecule has 2 rings (SSSR count). The fraction of sp³-hybridized carbons (Fsp3) is 0.455. The molecule has 0 aliphatic rings. The highest BCUT2D eigenvalue weighted by molar-refractivity contribution is 5.56. The van der Waals surface area contributed by atoms with E-state index in [0.717, 1.165) is 24.1 Å².